The number of benzene rings is 3. The molecule has 8 heteroatoms. The highest BCUT2D eigenvalue weighted by molar-refractivity contribution is 6.32. The molecule has 6 rings (SSSR count). The van der Waals surface area contributed by atoms with E-state index in [1.807, 2.05) is 59.2 Å². The van der Waals surface area contributed by atoms with Crippen molar-refractivity contribution in [3.63, 3.8) is 0 Å². The number of ether oxygens (including phenoxy) is 1. The van der Waals surface area contributed by atoms with E-state index in [4.69, 9.17) is 27.9 Å². The molecule has 224 valence electrons. The van der Waals surface area contributed by atoms with E-state index < -0.39 is 0 Å². The van der Waals surface area contributed by atoms with Crippen LogP contribution in [0, 0.1) is 6.92 Å². The number of amides is 2. The van der Waals surface area contributed by atoms with Crippen molar-refractivity contribution in [2.24, 2.45) is 0 Å². The molecule has 2 amide bonds. The lowest BCUT2D eigenvalue weighted by atomic mass is 9.82. The lowest BCUT2D eigenvalue weighted by Gasteiger charge is -2.44. The van der Waals surface area contributed by atoms with Gasteiger partial charge in [-0.3, -0.25) is 9.59 Å². The Hall–Kier alpha value is -3.32. The monoisotopic (exact) mass is 617 g/mol. The van der Waals surface area contributed by atoms with Crippen LogP contribution >= 0.6 is 23.2 Å². The number of carbonyl (C=O) groups excluding carboxylic acids is 2. The maximum absolute atomic E-state index is 14.5. The molecule has 2 aliphatic heterocycles. The summed E-state index contributed by atoms with van der Waals surface area (Å²) in [4.78, 5) is 30.8. The number of piperazine rings is 1. The van der Waals surface area contributed by atoms with E-state index in [2.05, 4.69) is 29.6 Å². The minimum atomic E-state index is -0.224. The number of fused-ring (bicyclic) bond motifs is 2. The fourth-order valence-electron chi connectivity index (χ4n) is 6.21. The number of aryl methyl sites for hydroxylation is 1. The van der Waals surface area contributed by atoms with Gasteiger partial charge >= 0.3 is 0 Å². The minimum absolute atomic E-state index is 0.0336. The van der Waals surface area contributed by atoms with Gasteiger partial charge in [0.15, 0.2) is 0 Å². The molecule has 2 bridgehead atoms. The molecular formula is C35H37Cl2N3O3. The summed E-state index contributed by atoms with van der Waals surface area (Å²) in [5.74, 6) is 0.774. The molecule has 6 nitrogen and oxygen atoms in total. The fourth-order valence-corrected chi connectivity index (χ4v) is 6.58. The lowest BCUT2D eigenvalue weighted by Crippen LogP contribution is -2.61. The third-order valence-electron chi connectivity index (χ3n) is 8.66. The predicted molar refractivity (Wildman–Crippen MR) is 171 cm³/mol. The van der Waals surface area contributed by atoms with Crippen LogP contribution in [0.3, 0.4) is 0 Å². The summed E-state index contributed by atoms with van der Waals surface area (Å²) in [5.41, 5.74) is 6.09. The Kier molecular flexibility index (Phi) is 8.80. The molecule has 1 saturated carbocycles. The smallest absolute Gasteiger partial charge is 0.252 e. The SMILES string of the molecule is CC(=O)N1C[C@H]2CC(c3ccc(CCOc4cc(C)ccc4Cl)cc3)=C(C(=O)N(Cc3ccccc3Cl)C3CC3)[C@@H](C1)N2. The second-order valence-corrected chi connectivity index (χ2v) is 12.7. The predicted octanol–water partition coefficient (Wildman–Crippen LogP) is 6.46. The summed E-state index contributed by atoms with van der Waals surface area (Å²) in [6, 6.07) is 22.1. The van der Waals surface area contributed by atoms with Crippen LogP contribution in [0.4, 0.5) is 0 Å². The van der Waals surface area contributed by atoms with Gasteiger partial charge in [-0.2, -0.15) is 0 Å². The van der Waals surface area contributed by atoms with E-state index in [0.717, 1.165) is 52.7 Å². The van der Waals surface area contributed by atoms with Gasteiger partial charge in [-0.15, -0.1) is 0 Å². The van der Waals surface area contributed by atoms with E-state index in [1.54, 1.807) is 6.92 Å². The Balaban J connectivity index is 1.27. The zero-order chi connectivity index (χ0) is 30.1. The summed E-state index contributed by atoms with van der Waals surface area (Å²) in [5, 5.41) is 4.95. The molecule has 1 saturated heterocycles. The zero-order valence-electron chi connectivity index (χ0n) is 24.6. The summed E-state index contributed by atoms with van der Waals surface area (Å²) in [6.45, 7) is 5.73. The van der Waals surface area contributed by atoms with Gasteiger partial charge in [-0.25, -0.2) is 0 Å². The molecular weight excluding hydrogens is 581 g/mol. The van der Waals surface area contributed by atoms with Crippen molar-refractivity contribution in [2.45, 2.75) is 64.2 Å². The van der Waals surface area contributed by atoms with Crippen LogP contribution in [0.25, 0.3) is 5.57 Å². The minimum Gasteiger partial charge on any atom is -0.492 e. The summed E-state index contributed by atoms with van der Waals surface area (Å²) < 4.78 is 5.97. The quantitative estimate of drug-likeness (QED) is 0.299. The van der Waals surface area contributed by atoms with E-state index in [0.29, 0.717) is 48.5 Å². The van der Waals surface area contributed by atoms with Crippen molar-refractivity contribution in [3.8, 4) is 5.75 Å². The van der Waals surface area contributed by atoms with Crippen molar-refractivity contribution < 1.29 is 14.3 Å². The van der Waals surface area contributed by atoms with Crippen LogP contribution in [0.1, 0.15) is 48.4 Å². The number of hydrogen-bond donors (Lipinski definition) is 1. The third-order valence-corrected chi connectivity index (χ3v) is 9.35. The van der Waals surface area contributed by atoms with Gasteiger partial charge in [0.25, 0.3) is 5.91 Å². The molecule has 1 N–H and O–H groups in total. The highest BCUT2D eigenvalue weighted by atomic mass is 35.5. The summed E-state index contributed by atoms with van der Waals surface area (Å²) in [6.07, 6.45) is 3.40. The first kappa shape index (κ1) is 29.7. The Bertz CT molecular complexity index is 1550. The van der Waals surface area contributed by atoms with Crippen LogP contribution in [0.2, 0.25) is 10.0 Å². The summed E-state index contributed by atoms with van der Waals surface area (Å²) in [7, 11) is 0. The molecule has 3 aliphatic rings. The maximum Gasteiger partial charge on any atom is 0.252 e. The highest BCUT2D eigenvalue weighted by Crippen LogP contribution is 2.38. The molecule has 0 aromatic heterocycles. The molecule has 2 heterocycles. The van der Waals surface area contributed by atoms with Crippen molar-refractivity contribution >= 4 is 40.6 Å². The molecule has 1 aliphatic carbocycles. The van der Waals surface area contributed by atoms with Crippen molar-refractivity contribution in [1.82, 2.24) is 15.1 Å². The second-order valence-electron chi connectivity index (χ2n) is 11.9. The van der Waals surface area contributed by atoms with Crippen LogP contribution in [-0.2, 0) is 22.6 Å². The molecule has 3 aromatic rings. The van der Waals surface area contributed by atoms with E-state index in [-0.39, 0.29) is 29.9 Å². The molecule has 2 atom stereocenters. The van der Waals surface area contributed by atoms with Gasteiger partial charge in [-0.1, -0.05) is 71.7 Å². The second kappa shape index (κ2) is 12.7. The number of nitrogens with one attached hydrogen (secondary N) is 1. The Morgan fingerprint density at radius 2 is 1.77 bits per heavy atom. The molecule has 3 aromatic carbocycles. The van der Waals surface area contributed by atoms with Gasteiger partial charge in [0, 0.05) is 55.7 Å². The Labute approximate surface area is 263 Å². The molecule has 0 unspecified atom stereocenters. The van der Waals surface area contributed by atoms with Crippen molar-refractivity contribution in [3.05, 3.63) is 105 Å². The average molecular weight is 619 g/mol. The number of nitrogens with zero attached hydrogens (tertiary/aromatic N) is 2. The van der Waals surface area contributed by atoms with Gasteiger partial charge in [0.2, 0.25) is 5.91 Å². The van der Waals surface area contributed by atoms with E-state index in [9.17, 15) is 9.59 Å². The van der Waals surface area contributed by atoms with Crippen LogP contribution in [0.5, 0.6) is 5.75 Å². The molecule has 0 radical (unpaired) electrons. The Morgan fingerprint density at radius 3 is 2.49 bits per heavy atom. The lowest BCUT2D eigenvalue weighted by molar-refractivity contribution is -0.132. The van der Waals surface area contributed by atoms with Crippen LogP contribution in [0.15, 0.2) is 72.3 Å². The molecule has 0 spiro atoms. The topological polar surface area (TPSA) is 61.9 Å². The average Bonchev–Trinajstić information content (AvgIpc) is 3.83. The number of rotatable bonds is 9. The Morgan fingerprint density at radius 1 is 1.00 bits per heavy atom. The maximum atomic E-state index is 14.5. The standard InChI is InChI=1S/C35H37Cl2N3O3/c1-22-7-14-31(37)33(17-22)43-16-15-24-8-10-25(11-9-24)29-18-27-20-39(23(2)41)21-32(38-27)34(29)35(42)40(28-12-13-28)19-26-5-3-4-6-30(26)36/h3-11,14,17,27-28,32,38H,12-13,15-16,18-21H2,1-2H3/t27-,32-/m1/s1. The first-order valence-electron chi connectivity index (χ1n) is 15.0. The first-order chi connectivity index (χ1) is 20.8. The first-order valence-corrected chi connectivity index (χ1v) is 15.8. The highest BCUT2D eigenvalue weighted by Gasteiger charge is 2.43. The van der Waals surface area contributed by atoms with Crippen LogP contribution < -0.4 is 10.1 Å². The largest absolute Gasteiger partial charge is 0.492 e. The molecule has 43 heavy (non-hydrogen) atoms. The number of halogens is 2. The van der Waals surface area contributed by atoms with Crippen molar-refractivity contribution in [2.75, 3.05) is 19.7 Å². The van der Waals surface area contributed by atoms with E-state index in [1.165, 1.54) is 0 Å². The van der Waals surface area contributed by atoms with Crippen LogP contribution in [-0.4, -0.2) is 59.4 Å². The van der Waals surface area contributed by atoms with Gasteiger partial charge in [0.1, 0.15) is 5.75 Å². The van der Waals surface area contributed by atoms with Crippen molar-refractivity contribution in [1.29, 1.82) is 0 Å². The van der Waals surface area contributed by atoms with Gasteiger partial charge < -0.3 is 19.9 Å². The van der Waals surface area contributed by atoms with Gasteiger partial charge in [0.05, 0.1) is 17.7 Å². The normalized spacial score (nSPS) is 19.8. The number of hydrogen-bond acceptors (Lipinski definition) is 4. The zero-order valence-corrected chi connectivity index (χ0v) is 26.1. The number of carbonyl (C=O) groups is 2. The van der Waals surface area contributed by atoms with E-state index >= 15 is 0 Å². The van der Waals surface area contributed by atoms with Gasteiger partial charge in [-0.05, 0) is 72.2 Å². The summed E-state index contributed by atoms with van der Waals surface area (Å²) >= 11 is 12.8. The molecule has 2 fully saturated rings. The fraction of sp³-hybridized carbons (Fsp3) is 0.371. The third kappa shape index (κ3) is 6.77.